The number of rotatable bonds is 2. The molecule has 3 rings (SSSR count). The second kappa shape index (κ2) is 5.55. The molecular formula is C16H23BrN2. The van der Waals surface area contributed by atoms with Crippen molar-refractivity contribution in [3.05, 3.63) is 34.3 Å². The maximum atomic E-state index is 3.64. The van der Waals surface area contributed by atoms with Crippen LogP contribution in [0.15, 0.2) is 28.7 Å². The van der Waals surface area contributed by atoms with Crippen LogP contribution in [0.1, 0.15) is 24.8 Å². The van der Waals surface area contributed by atoms with Gasteiger partial charge < -0.3 is 10.2 Å². The molecule has 2 aliphatic heterocycles. The van der Waals surface area contributed by atoms with Crippen molar-refractivity contribution in [2.45, 2.75) is 24.7 Å². The van der Waals surface area contributed by atoms with Crippen molar-refractivity contribution >= 4 is 15.9 Å². The Morgan fingerprint density at radius 1 is 1.32 bits per heavy atom. The van der Waals surface area contributed by atoms with Gasteiger partial charge in [-0.3, -0.25) is 0 Å². The van der Waals surface area contributed by atoms with E-state index in [0.29, 0.717) is 5.41 Å². The van der Waals surface area contributed by atoms with Crippen LogP contribution in [-0.4, -0.2) is 38.1 Å². The topological polar surface area (TPSA) is 15.3 Å². The Hall–Kier alpha value is -0.380. The van der Waals surface area contributed by atoms with Gasteiger partial charge in [0.1, 0.15) is 0 Å². The number of benzene rings is 1. The first kappa shape index (κ1) is 13.6. The van der Waals surface area contributed by atoms with E-state index in [9.17, 15) is 0 Å². The average molecular weight is 323 g/mol. The number of nitrogens with zero attached hydrogens (tertiary/aromatic N) is 1. The van der Waals surface area contributed by atoms with Gasteiger partial charge in [0.2, 0.25) is 0 Å². The van der Waals surface area contributed by atoms with Crippen LogP contribution in [0.5, 0.6) is 0 Å². The molecule has 0 amide bonds. The number of hydrogen-bond acceptors (Lipinski definition) is 2. The van der Waals surface area contributed by atoms with Gasteiger partial charge in [0.05, 0.1) is 0 Å². The molecule has 19 heavy (non-hydrogen) atoms. The van der Waals surface area contributed by atoms with Crippen LogP contribution in [-0.2, 0) is 5.41 Å². The van der Waals surface area contributed by atoms with Gasteiger partial charge in [-0.05, 0) is 69.6 Å². The summed E-state index contributed by atoms with van der Waals surface area (Å²) in [5, 5.41) is 3.61. The Balaban J connectivity index is 1.91. The standard InChI is InChI=1S/C16H23BrN2/c1-19-9-5-13(6-10-19)16(7-8-18-12-16)14-3-2-4-15(17)11-14/h2-4,11,13,18H,5-10,12H2,1H3. The van der Waals surface area contributed by atoms with Crippen molar-refractivity contribution in [1.82, 2.24) is 10.2 Å². The third-order valence-electron chi connectivity index (χ3n) is 5.09. The summed E-state index contributed by atoms with van der Waals surface area (Å²) < 4.78 is 1.21. The van der Waals surface area contributed by atoms with Gasteiger partial charge in [0, 0.05) is 16.4 Å². The van der Waals surface area contributed by atoms with Crippen molar-refractivity contribution in [2.75, 3.05) is 33.2 Å². The number of hydrogen-bond donors (Lipinski definition) is 1. The van der Waals surface area contributed by atoms with Crippen molar-refractivity contribution in [3.63, 3.8) is 0 Å². The third-order valence-corrected chi connectivity index (χ3v) is 5.58. The van der Waals surface area contributed by atoms with Crippen LogP contribution >= 0.6 is 15.9 Å². The molecule has 0 saturated carbocycles. The highest BCUT2D eigenvalue weighted by atomic mass is 79.9. The van der Waals surface area contributed by atoms with Crippen LogP contribution in [0, 0.1) is 5.92 Å². The monoisotopic (exact) mass is 322 g/mol. The Kier molecular flexibility index (Phi) is 3.97. The van der Waals surface area contributed by atoms with Gasteiger partial charge in [-0.25, -0.2) is 0 Å². The Labute approximate surface area is 124 Å². The Morgan fingerprint density at radius 3 is 2.74 bits per heavy atom. The van der Waals surface area contributed by atoms with E-state index in [4.69, 9.17) is 0 Å². The smallest absolute Gasteiger partial charge is 0.0178 e. The molecule has 1 aromatic carbocycles. The lowest BCUT2D eigenvalue weighted by molar-refractivity contribution is 0.153. The van der Waals surface area contributed by atoms with Crippen LogP contribution in [0.4, 0.5) is 0 Å². The Bertz CT molecular complexity index is 432. The lowest BCUT2D eigenvalue weighted by atomic mass is 9.66. The van der Waals surface area contributed by atoms with E-state index in [0.717, 1.165) is 12.5 Å². The molecule has 2 saturated heterocycles. The van der Waals surface area contributed by atoms with E-state index < -0.39 is 0 Å². The van der Waals surface area contributed by atoms with Crippen LogP contribution < -0.4 is 5.32 Å². The second-order valence-electron chi connectivity index (χ2n) is 6.17. The second-order valence-corrected chi connectivity index (χ2v) is 7.09. The molecule has 1 atom stereocenters. The predicted octanol–water partition coefficient (Wildman–Crippen LogP) is 3.02. The van der Waals surface area contributed by atoms with Gasteiger partial charge in [-0.1, -0.05) is 28.1 Å². The maximum Gasteiger partial charge on any atom is 0.0178 e. The van der Waals surface area contributed by atoms with E-state index >= 15 is 0 Å². The molecular weight excluding hydrogens is 300 g/mol. The van der Waals surface area contributed by atoms with Gasteiger partial charge in [0.25, 0.3) is 0 Å². The minimum Gasteiger partial charge on any atom is -0.316 e. The zero-order valence-electron chi connectivity index (χ0n) is 11.7. The van der Waals surface area contributed by atoms with E-state index in [1.54, 1.807) is 0 Å². The fourth-order valence-electron chi connectivity index (χ4n) is 3.90. The van der Waals surface area contributed by atoms with Gasteiger partial charge in [-0.15, -0.1) is 0 Å². The van der Waals surface area contributed by atoms with E-state index in [1.165, 1.54) is 48.9 Å². The summed E-state index contributed by atoms with van der Waals surface area (Å²) in [6.45, 7) is 4.82. The van der Waals surface area contributed by atoms with Crippen molar-refractivity contribution in [1.29, 1.82) is 0 Å². The summed E-state index contributed by atoms with van der Waals surface area (Å²) in [5.41, 5.74) is 1.90. The van der Waals surface area contributed by atoms with Crippen LogP contribution in [0.2, 0.25) is 0 Å². The molecule has 0 bridgehead atoms. The molecule has 0 aliphatic carbocycles. The molecule has 3 heteroatoms. The fraction of sp³-hybridized carbons (Fsp3) is 0.625. The predicted molar refractivity (Wildman–Crippen MR) is 83.5 cm³/mol. The lowest BCUT2D eigenvalue weighted by Crippen LogP contribution is -2.43. The summed E-state index contributed by atoms with van der Waals surface area (Å²) in [4.78, 5) is 2.47. The summed E-state index contributed by atoms with van der Waals surface area (Å²) in [5.74, 6) is 0.827. The normalized spacial score (nSPS) is 29.8. The number of halogens is 1. The minimum atomic E-state index is 0.366. The molecule has 1 N–H and O–H groups in total. The number of piperidine rings is 1. The largest absolute Gasteiger partial charge is 0.316 e. The van der Waals surface area contributed by atoms with Gasteiger partial charge >= 0.3 is 0 Å². The zero-order chi connectivity index (χ0) is 13.3. The minimum absolute atomic E-state index is 0.366. The van der Waals surface area contributed by atoms with Gasteiger partial charge in [-0.2, -0.15) is 0 Å². The van der Waals surface area contributed by atoms with Crippen molar-refractivity contribution in [3.8, 4) is 0 Å². The molecule has 2 fully saturated rings. The summed E-state index contributed by atoms with van der Waals surface area (Å²) >= 11 is 3.64. The highest BCUT2D eigenvalue weighted by Crippen LogP contribution is 2.43. The molecule has 1 aromatic rings. The summed E-state index contributed by atoms with van der Waals surface area (Å²) in [7, 11) is 2.24. The number of likely N-dealkylation sites (tertiary alicyclic amines) is 1. The summed E-state index contributed by atoms with van der Waals surface area (Å²) in [6.07, 6.45) is 3.97. The van der Waals surface area contributed by atoms with E-state index in [-0.39, 0.29) is 0 Å². The first-order chi connectivity index (χ1) is 9.21. The third kappa shape index (κ3) is 2.61. The number of nitrogens with one attached hydrogen (secondary N) is 1. The molecule has 1 unspecified atom stereocenters. The molecule has 0 radical (unpaired) electrons. The molecule has 2 nitrogen and oxygen atoms in total. The molecule has 0 spiro atoms. The zero-order valence-corrected chi connectivity index (χ0v) is 13.2. The van der Waals surface area contributed by atoms with E-state index in [1.807, 2.05) is 0 Å². The molecule has 0 aromatic heterocycles. The summed E-state index contributed by atoms with van der Waals surface area (Å²) in [6, 6.07) is 8.99. The molecule has 104 valence electrons. The quantitative estimate of drug-likeness (QED) is 0.900. The fourth-order valence-corrected chi connectivity index (χ4v) is 4.30. The van der Waals surface area contributed by atoms with Gasteiger partial charge in [0.15, 0.2) is 0 Å². The highest BCUT2D eigenvalue weighted by molar-refractivity contribution is 9.10. The van der Waals surface area contributed by atoms with Crippen molar-refractivity contribution in [2.24, 2.45) is 5.92 Å². The highest BCUT2D eigenvalue weighted by Gasteiger charge is 2.43. The SMILES string of the molecule is CN1CCC(C2(c3cccc(Br)c3)CCNC2)CC1. The first-order valence-corrected chi connectivity index (χ1v) is 8.15. The van der Waals surface area contributed by atoms with Crippen LogP contribution in [0.3, 0.4) is 0 Å². The first-order valence-electron chi connectivity index (χ1n) is 7.36. The van der Waals surface area contributed by atoms with Crippen molar-refractivity contribution < 1.29 is 0 Å². The average Bonchev–Trinajstić information content (AvgIpc) is 2.90. The maximum absolute atomic E-state index is 3.64. The molecule has 2 aliphatic rings. The van der Waals surface area contributed by atoms with E-state index in [2.05, 4.69) is 57.5 Å². The lowest BCUT2D eigenvalue weighted by Gasteiger charge is -2.42. The Morgan fingerprint density at radius 2 is 2.11 bits per heavy atom. The van der Waals surface area contributed by atoms with Crippen LogP contribution in [0.25, 0.3) is 0 Å². The molecule has 2 heterocycles.